The first-order valence-electron chi connectivity index (χ1n) is 9.01. The van der Waals surface area contributed by atoms with Crippen molar-refractivity contribution in [3.8, 4) is 17.2 Å². The molecular weight excluding hydrogens is 396 g/mol. The number of rotatable bonds is 5. The zero-order valence-electron chi connectivity index (χ0n) is 15.7. The molecule has 3 N–H and O–H groups in total. The van der Waals surface area contributed by atoms with Gasteiger partial charge >= 0.3 is 5.69 Å². The highest BCUT2D eigenvalue weighted by atomic mass is 16.8. The molecule has 10 nitrogen and oxygen atoms in total. The van der Waals surface area contributed by atoms with Gasteiger partial charge in [-0.25, -0.2) is 0 Å². The van der Waals surface area contributed by atoms with Gasteiger partial charge in [-0.3, -0.25) is 15.1 Å². The lowest BCUT2D eigenvalue weighted by Crippen LogP contribution is -2.35. The molecular formula is C20H18N2O8. The predicted molar refractivity (Wildman–Crippen MR) is 103 cm³/mol. The molecule has 4 atom stereocenters. The molecule has 0 spiro atoms. The minimum Gasteiger partial charge on any atom is -0.461 e. The van der Waals surface area contributed by atoms with E-state index in [1.807, 2.05) is 6.07 Å². The Kier molecular flexibility index (Phi) is 5.22. The lowest BCUT2D eigenvalue weighted by Gasteiger charge is -2.18. The van der Waals surface area contributed by atoms with Crippen molar-refractivity contribution < 1.29 is 34.5 Å². The van der Waals surface area contributed by atoms with Crippen LogP contribution < -0.4 is 9.47 Å². The summed E-state index contributed by atoms with van der Waals surface area (Å²) in [7, 11) is 0. The minimum absolute atomic E-state index is 0.00640. The van der Waals surface area contributed by atoms with Crippen LogP contribution in [0.15, 0.2) is 48.7 Å². The highest BCUT2D eigenvalue weighted by molar-refractivity contribution is 5.79. The number of fused-ring (bicyclic) bond motifs is 1. The number of aliphatic hydroxyl groups excluding tert-OH is 3. The van der Waals surface area contributed by atoms with Crippen molar-refractivity contribution in [1.82, 2.24) is 4.98 Å². The number of hydrogen-bond acceptors (Lipinski definition) is 9. The monoisotopic (exact) mass is 414 g/mol. The van der Waals surface area contributed by atoms with Gasteiger partial charge in [-0.15, -0.1) is 0 Å². The van der Waals surface area contributed by atoms with Crippen molar-refractivity contribution in [3.05, 3.63) is 64.3 Å². The Morgan fingerprint density at radius 1 is 1.10 bits per heavy atom. The van der Waals surface area contributed by atoms with Gasteiger partial charge in [0.2, 0.25) is 12.0 Å². The quantitative estimate of drug-likeness (QED) is 0.422. The molecule has 2 heterocycles. The van der Waals surface area contributed by atoms with Crippen molar-refractivity contribution in [1.29, 1.82) is 0 Å². The van der Waals surface area contributed by atoms with Crippen molar-refractivity contribution >= 4 is 16.6 Å². The van der Waals surface area contributed by atoms with E-state index in [0.717, 1.165) is 11.5 Å². The predicted octanol–water partition coefficient (Wildman–Crippen LogP) is 2.02. The van der Waals surface area contributed by atoms with E-state index < -0.39 is 29.7 Å². The number of aliphatic hydroxyl groups is 3. The Hall–Kier alpha value is -3.31. The van der Waals surface area contributed by atoms with Gasteiger partial charge in [0.05, 0.1) is 16.5 Å². The Labute approximate surface area is 170 Å². The van der Waals surface area contributed by atoms with Crippen LogP contribution in [-0.2, 0) is 4.74 Å². The number of ether oxygens (including phenoxy) is 3. The molecule has 30 heavy (non-hydrogen) atoms. The van der Waals surface area contributed by atoms with Gasteiger partial charge in [0.25, 0.3) is 0 Å². The van der Waals surface area contributed by atoms with Gasteiger partial charge in [0, 0.05) is 17.6 Å². The summed E-state index contributed by atoms with van der Waals surface area (Å²) in [4.78, 5) is 15.2. The number of nitrogens with zero attached hydrogens (tertiary/aromatic N) is 2. The van der Waals surface area contributed by atoms with Gasteiger partial charge in [0.1, 0.15) is 23.7 Å². The number of nitro benzene ring substituents is 1. The van der Waals surface area contributed by atoms with Crippen LogP contribution in [-0.4, -0.2) is 50.0 Å². The summed E-state index contributed by atoms with van der Waals surface area (Å²) in [5, 5.41) is 41.4. The van der Waals surface area contributed by atoms with E-state index in [4.69, 9.17) is 14.2 Å². The molecule has 4 rings (SSSR count). The maximum atomic E-state index is 11.6. The average Bonchev–Trinajstić information content (AvgIpc) is 2.96. The molecule has 156 valence electrons. The number of hydrogen-bond donors (Lipinski definition) is 3. The third kappa shape index (κ3) is 3.76. The van der Waals surface area contributed by atoms with Crippen LogP contribution >= 0.6 is 0 Å². The molecule has 1 aliphatic heterocycles. The number of aryl methyl sites for hydroxylation is 1. The van der Waals surface area contributed by atoms with E-state index in [0.29, 0.717) is 16.8 Å². The van der Waals surface area contributed by atoms with Crippen LogP contribution in [0.1, 0.15) is 5.56 Å². The summed E-state index contributed by atoms with van der Waals surface area (Å²) in [6.45, 7) is 1.63. The molecule has 1 aromatic heterocycles. The van der Waals surface area contributed by atoms with Crippen LogP contribution in [0.2, 0.25) is 0 Å². The van der Waals surface area contributed by atoms with Crippen LogP contribution in [0.4, 0.5) is 5.69 Å². The molecule has 4 unspecified atom stereocenters. The SMILES string of the molecule is Cc1cc(Oc2ccc3cccnc3c2)c([N+](=O)[O-])cc1OC1OC(O)C(O)C1O. The second-order valence-electron chi connectivity index (χ2n) is 6.80. The lowest BCUT2D eigenvalue weighted by atomic mass is 10.1. The highest BCUT2D eigenvalue weighted by Crippen LogP contribution is 2.38. The van der Waals surface area contributed by atoms with Crippen LogP contribution in [0, 0.1) is 17.0 Å². The maximum absolute atomic E-state index is 11.6. The van der Waals surface area contributed by atoms with E-state index in [-0.39, 0.29) is 17.2 Å². The molecule has 3 aromatic rings. The number of nitro groups is 1. The summed E-state index contributed by atoms with van der Waals surface area (Å²) >= 11 is 0. The van der Waals surface area contributed by atoms with Gasteiger partial charge < -0.3 is 29.5 Å². The third-order valence-electron chi connectivity index (χ3n) is 4.70. The topological polar surface area (TPSA) is 144 Å². The second kappa shape index (κ2) is 7.84. The highest BCUT2D eigenvalue weighted by Gasteiger charge is 2.43. The maximum Gasteiger partial charge on any atom is 0.315 e. The van der Waals surface area contributed by atoms with Gasteiger partial charge in [-0.1, -0.05) is 6.07 Å². The van der Waals surface area contributed by atoms with E-state index >= 15 is 0 Å². The number of aromatic nitrogens is 1. The zero-order chi connectivity index (χ0) is 21.4. The van der Waals surface area contributed by atoms with Crippen LogP contribution in [0.3, 0.4) is 0 Å². The standard InChI is InChI=1S/C20H18N2O8/c1-10-7-16(28-12-5-4-11-3-2-6-21-13(11)8-12)14(22(26)27)9-15(10)29-20-18(24)17(23)19(25)30-20/h2-9,17-20,23-25H,1H3. The van der Waals surface area contributed by atoms with Gasteiger partial charge in [-0.05, 0) is 36.8 Å². The smallest absolute Gasteiger partial charge is 0.315 e. The van der Waals surface area contributed by atoms with E-state index in [9.17, 15) is 25.4 Å². The summed E-state index contributed by atoms with van der Waals surface area (Å²) < 4.78 is 16.1. The fourth-order valence-corrected chi connectivity index (χ4v) is 3.09. The first-order valence-corrected chi connectivity index (χ1v) is 9.01. The van der Waals surface area contributed by atoms with Gasteiger partial charge in [-0.2, -0.15) is 0 Å². The van der Waals surface area contributed by atoms with Crippen molar-refractivity contribution in [3.63, 3.8) is 0 Å². The Bertz CT molecular complexity index is 1110. The molecule has 1 saturated heterocycles. The number of benzene rings is 2. The summed E-state index contributed by atoms with van der Waals surface area (Å²) in [6.07, 6.45) is -4.43. The zero-order valence-corrected chi connectivity index (χ0v) is 15.7. The third-order valence-corrected chi connectivity index (χ3v) is 4.70. The van der Waals surface area contributed by atoms with Crippen LogP contribution in [0.25, 0.3) is 10.9 Å². The Balaban J connectivity index is 1.63. The summed E-state index contributed by atoms with van der Waals surface area (Å²) in [5.74, 6) is 0.408. The Morgan fingerprint density at radius 2 is 1.90 bits per heavy atom. The van der Waals surface area contributed by atoms with Crippen molar-refractivity contribution in [2.24, 2.45) is 0 Å². The van der Waals surface area contributed by atoms with Crippen molar-refractivity contribution in [2.75, 3.05) is 0 Å². The summed E-state index contributed by atoms with van der Waals surface area (Å²) in [6, 6.07) is 11.4. The minimum atomic E-state index is -1.62. The molecule has 1 aliphatic rings. The summed E-state index contributed by atoms with van der Waals surface area (Å²) in [5.41, 5.74) is 0.769. The van der Waals surface area contributed by atoms with Crippen LogP contribution in [0.5, 0.6) is 17.2 Å². The normalized spacial score (nSPS) is 23.5. The molecule has 10 heteroatoms. The van der Waals surface area contributed by atoms with E-state index in [1.165, 1.54) is 6.07 Å². The number of pyridine rings is 1. The van der Waals surface area contributed by atoms with Crippen molar-refractivity contribution in [2.45, 2.75) is 31.7 Å². The molecule has 1 fully saturated rings. The Morgan fingerprint density at radius 3 is 2.60 bits per heavy atom. The molecule has 0 amide bonds. The second-order valence-corrected chi connectivity index (χ2v) is 6.80. The first-order chi connectivity index (χ1) is 14.3. The molecule has 2 aromatic carbocycles. The fraction of sp³-hybridized carbons (Fsp3) is 0.250. The first kappa shape index (κ1) is 20.0. The molecule has 0 saturated carbocycles. The lowest BCUT2D eigenvalue weighted by molar-refractivity contribution is -0.385. The average molecular weight is 414 g/mol. The molecule has 0 bridgehead atoms. The molecule has 0 radical (unpaired) electrons. The molecule has 0 aliphatic carbocycles. The van der Waals surface area contributed by atoms with E-state index in [1.54, 1.807) is 37.4 Å². The van der Waals surface area contributed by atoms with Gasteiger partial charge in [0.15, 0.2) is 6.29 Å². The fourth-order valence-electron chi connectivity index (χ4n) is 3.09. The van der Waals surface area contributed by atoms with E-state index in [2.05, 4.69) is 4.98 Å². The largest absolute Gasteiger partial charge is 0.461 e.